The normalized spacial score (nSPS) is 22.0. The van der Waals surface area contributed by atoms with Gasteiger partial charge in [0.25, 0.3) is 10.0 Å². The van der Waals surface area contributed by atoms with Gasteiger partial charge in [-0.2, -0.15) is 9.40 Å². The molecule has 0 unspecified atom stereocenters. The molecular formula is C14H18Cl2N4O2S. The van der Waals surface area contributed by atoms with Gasteiger partial charge < -0.3 is 5.73 Å². The topological polar surface area (TPSA) is 81.2 Å². The van der Waals surface area contributed by atoms with Gasteiger partial charge in [0.2, 0.25) is 0 Å². The van der Waals surface area contributed by atoms with Gasteiger partial charge in [0.1, 0.15) is 0 Å². The van der Waals surface area contributed by atoms with Crippen LogP contribution < -0.4 is 5.73 Å². The number of aryl methyl sites for hydroxylation is 1. The minimum Gasteiger partial charge on any atom is -0.326 e. The SMILES string of the molecule is Cl.Cn1ncc(Cl)c1S(=O)(=O)N1C[C@@H](N)[C@H](c2ccccc2)C1. The molecule has 0 saturated carbocycles. The van der Waals surface area contributed by atoms with E-state index < -0.39 is 10.0 Å². The highest BCUT2D eigenvalue weighted by atomic mass is 35.5. The highest BCUT2D eigenvalue weighted by Crippen LogP contribution is 2.32. The molecule has 23 heavy (non-hydrogen) atoms. The standard InChI is InChI=1S/C14H17ClN4O2S.ClH/c1-18-14(12(15)7-17-18)22(20,21)19-8-11(13(16)9-19)10-5-3-2-4-6-10;/h2-7,11,13H,8-9,16H2,1H3;1H/t11-,13+;/m0./s1. The van der Waals surface area contributed by atoms with Crippen molar-refractivity contribution in [3.63, 3.8) is 0 Å². The Morgan fingerprint density at radius 1 is 1.26 bits per heavy atom. The van der Waals surface area contributed by atoms with Crippen LogP contribution in [0.15, 0.2) is 41.6 Å². The molecule has 0 radical (unpaired) electrons. The number of benzene rings is 1. The van der Waals surface area contributed by atoms with Crippen molar-refractivity contribution in [3.05, 3.63) is 47.1 Å². The van der Waals surface area contributed by atoms with Gasteiger partial charge in [-0.25, -0.2) is 8.42 Å². The summed E-state index contributed by atoms with van der Waals surface area (Å²) < 4.78 is 28.2. The van der Waals surface area contributed by atoms with Gasteiger partial charge in [0.15, 0.2) is 5.03 Å². The molecule has 9 heteroatoms. The van der Waals surface area contributed by atoms with E-state index in [4.69, 9.17) is 17.3 Å². The second kappa shape index (κ2) is 6.78. The lowest BCUT2D eigenvalue weighted by molar-refractivity contribution is 0.460. The molecule has 1 aliphatic rings. The Hall–Kier alpha value is -1.12. The molecule has 0 spiro atoms. The number of rotatable bonds is 3. The smallest absolute Gasteiger partial charge is 0.261 e. The van der Waals surface area contributed by atoms with E-state index >= 15 is 0 Å². The zero-order valence-electron chi connectivity index (χ0n) is 12.5. The van der Waals surface area contributed by atoms with E-state index in [0.29, 0.717) is 6.54 Å². The molecule has 1 fully saturated rings. The van der Waals surface area contributed by atoms with Crippen LogP contribution in [0.1, 0.15) is 11.5 Å². The number of hydrogen-bond donors (Lipinski definition) is 1. The van der Waals surface area contributed by atoms with Gasteiger partial charge in [0.05, 0.1) is 11.2 Å². The van der Waals surface area contributed by atoms with Crippen LogP contribution in [-0.4, -0.2) is 41.6 Å². The van der Waals surface area contributed by atoms with E-state index in [1.807, 2.05) is 30.3 Å². The van der Waals surface area contributed by atoms with Crippen LogP contribution in [-0.2, 0) is 17.1 Å². The van der Waals surface area contributed by atoms with Crippen molar-refractivity contribution in [1.29, 1.82) is 0 Å². The van der Waals surface area contributed by atoms with Crippen LogP contribution in [0, 0.1) is 0 Å². The molecule has 0 amide bonds. The van der Waals surface area contributed by atoms with E-state index in [9.17, 15) is 8.42 Å². The summed E-state index contributed by atoms with van der Waals surface area (Å²) in [5, 5.41) is 4.03. The first-order valence-corrected chi connectivity index (χ1v) is 8.71. The number of hydrogen-bond acceptors (Lipinski definition) is 4. The summed E-state index contributed by atoms with van der Waals surface area (Å²) in [6, 6.07) is 9.47. The third-order valence-corrected chi connectivity index (χ3v) is 6.33. The molecule has 2 heterocycles. The molecule has 1 aromatic carbocycles. The number of aromatic nitrogens is 2. The fourth-order valence-electron chi connectivity index (χ4n) is 2.85. The maximum absolute atomic E-state index is 12.8. The summed E-state index contributed by atoms with van der Waals surface area (Å²) in [5.41, 5.74) is 7.21. The van der Waals surface area contributed by atoms with Gasteiger partial charge >= 0.3 is 0 Å². The maximum atomic E-state index is 12.8. The van der Waals surface area contributed by atoms with E-state index in [1.165, 1.54) is 15.2 Å². The first-order valence-electron chi connectivity index (χ1n) is 6.89. The summed E-state index contributed by atoms with van der Waals surface area (Å²) in [7, 11) is -2.15. The molecule has 3 rings (SSSR count). The number of nitrogens with zero attached hydrogens (tertiary/aromatic N) is 3. The average molecular weight is 377 g/mol. The lowest BCUT2D eigenvalue weighted by Gasteiger charge is -2.16. The number of nitrogens with two attached hydrogens (primary N) is 1. The molecule has 0 bridgehead atoms. The predicted octanol–water partition coefficient (Wildman–Crippen LogP) is 1.61. The van der Waals surface area contributed by atoms with Gasteiger partial charge in [-0.1, -0.05) is 41.9 Å². The predicted molar refractivity (Wildman–Crippen MR) is 91.4 cm³/mol. The summed E-state index contributed by atoms with van der Waals surface area (Å²) in [5.74, 6) is -0.0250. The molecule has 1 saturated heterocycles. The minimum atomic E-state index is -3.71. The van der Waals surface area contributed by atoms with E-state index in [-0.39, 0.29) is 41.0 Å². The van der Waals surface area contributed by atoms with Crippen LogP contribution in [0.25, 0.3) is 0 Å². The molecule has 1 aromatic heterocycles. The number of halogens is 2. The Morgan fingerprint density at radius 3 is 2.48 bits per heavy atom. The first kappa shape index (κ1) is 18.2. The van der Waals surface area contributed by atoms with Crippen LogP contribution in [0.4, 0.5) is 0 Å². The van der Waals surface area contributed by atoms with Crippen molar-refractivity contribution >= 4 is 34.0 Å². The lowest BCUT2D eigenvalue weighted by Crippen LogP contribution is -2.33. The Morgan fingerprint density at radius 2 is 1.91 bits per heavy atom. The van der Waals surface area contributed by atoms with Crippen molar-refractivity contribution < 1.29 is 8.42 Å². The van der Waals surface area contributed by atoms with Gasteiger partial charge in [-0.05, 0) is 5.56 Å². The number of sulfonamides is 1. The fraction of sp³-hybridized carbons (Fsp3) is 0.357. The summed E-state index contributed by atoms with van der Waals surface area (Å²) in [4.78, 5) is 0. The highest BCUT2D eigenvalue weighted by Gasteiger charge is 2.40. The third-order valence-electron chi connectivity index (χ3n) is 3.99. The van der Waals surface area contributed by atoms with E-state index in [1.54, 1.807) is 7.05 Å². The van der Waals surface area contributed by atoms with Crippen LogP contribution in [0.3, 0.4) is 0 Å². The van der Waals surface area contributed by atoms with E-state index in [2.05, 4.69) is 5.10 Å². The summed E-state index contributed by atoms with van der Waals surface area (Å²) in [6.45, 7) is 0.610. The quantitative estimate of drug-likeness (QED) is 0.881. The Bertz CT molecular complexity index is 760. The molecule has 0 aliphatic carbocycles. The lowest BCUT2D eigenvalue weighted by atomic mass is 9.95. The second-order valence-electron chi connectivity index (χ2n) is 5.42. The Kier molecular flexibility index (Phi) is 5.37. The van der Waals surface area contributed by atoms with Crippen molar-refractivity contribution in [3.8, 4) is 0 Å². The monoisotopic (exact) mass is 376 g/mol. The van der Waals surface area contributed by atoms with Gasteiger partial charge in [0, 0.05) is 32.1 Å². The van der Waals surface area contributed by atoms with Crippen LogP contribution in [0.2, 0.25) is 5.02 Å². The summed E-state index contributed by atoms with van der Waals surface area (Å²) in [6.07, 6.45) is 1.33. The van der Waals surface area contributed by atoms with Crippen molar-refractivity contribution in [2.24, 2.45) is 12.8 Å². The second-order valence-corrected chi connectivity index (χ2v) is 7.68. The van der Waals surface area contributed by atoms with Crippen molar-refractivity contribution in [2.45, 2.75) is 17.0 Å². The highest BCUT2D eigenvalue weighted by molar-refractivity contribution is 7.89. The zero-order valence-corrected chi connectivity index (χ0v) is 14.9. The Labute approximate surface area is 146 Å². The van der Waals surface area contributed by atoms with Crippen LogP contribution in [0.5, 0.6) is 0 Å². The Balaban J connectivity index is 0.00000192. The molecule has 6 nitrogen and oxygen atoms in total. The molecule has 126 valence electrons. The van der Waals surface area contributed by atoms with Gasteiger partial charge in [-0.3, -0.25) is 4.68 Å². The molecule has 1 aliphatic heterocycles. The van der Waals surface area contributed by atoms with E-state index in [0.717, 1.165) is 5.56 Å². The van der Waals surface area contributed by atoms with Crippen molar-refractivity contribution in [1.82, 2.24) is 14.1 Å². The summed E-state index contributed by atoms with van der Waals surface area (Å²) >= 11 is 5.98. The van der Waals surface area contributed by atoms with Crippen molar-refractivity contribution in [2.75, 3.05) is 13.1 Å². The first-order chi connectivity index (χ1) is 10.4. The molecule has 2 N–H and O–H groups in total. The fourth-order valence-corrected chi connectivity index (χ4v) is 4.96. The van der Waals surface area contributed by atoms with Crippen LogP contribution >= 0.6 is 24.0 Å². The molecule has 2 aromatic rings. The maximum Gasteiger partial charge on any atom is 0.261 e. The molecular weight excluding hydrogens is 359 g/mol. The largest absolute Gasteiger partial charge is 0.326 e. The molecule has 2 atom stereocenters. The zero-order chi connectivity index (χ0) is 15.9. The average Bonchev–Trinajstić information content (AvgIpc) is 3.03. The minimum absolute atomic E-state index is 0. The van der Waals surface area contributed by atoms with Gasteiger partial charge in [-0.15, -0.1) is 12.4 Å². The third kappa shape index (κ3) is 3.25.